The summed E-state index contributed by atoms with van der Waals surface area (Å²) >= 11 is 0. The molecule has 0 aliphatic carbocycles. The molecule has 2 unspecified atom stereocenters. The third-order valence-corrected chi connectivity index (χ3v) is 3.64. The number of para-hydroxylation sites is 1. The molecule has 1 rings (SSSR count). The monoisotopic (exact) mass is 299 g/mol. The SMILES string of the molecule is CCNc1cccc(NC(C)CCS(C)=O)c1[N+](=O)[O-]. The molecule has 2 N–H and O–H groups in total. The van der Waals surface area contributed by atoms with Crippen LogP contribution in [0.4, 0.5) is 17.1 Å². The highest BCUT2D eigenvalue weighted by atomic mass is 32.2. The van der Waals surface area contributed by atoms with Crippen LogP contribution in [0.25, 0.3) is 0 Å². The van der Waals surface area contributed by atoms with Gasteiger partial charge in [0.25, 0.3) is 0 Å². The Morgan fingerprint density at radius 2 is 2.05 bits per heavy atom. The van der Waals surface area contributed by atoms with Gasteiger partial charge in [-0.1, -0.05) is 6.07 Å². The molecule has 1 aromatic carbocycles. The molecule has 112 valence electrons. The quantitative estimate of drug-likeness (QED) is 0.569. The fourth-order valence-corrected chi connectivity index (χ4v) is 2.56. The number of rotatable bonds is 8. The third-order valence-electron chi connectivity index (χ3n) is 2.83. The first-order valence-electron chi connectivity index (χ1n) is 6.53. The van der Waals surface area contributed by atoms with Gasteiger partial charge in [-0.2, -0.15) is 0 Å². The van der Waals surface area contributed by atoms with Gasteiger partial charge in [0.1, 0.15) is 11.4 Å². The Kier molecular flexibility index (Phi) is 6.44. The van der Waals surface area contributed by atoms with Crippen molar-refractivity contribution in [1.82, 2.24) is 0 Å². The van der Waals surface area contributed by atoms with Crippen LogP contribution >= 0.6 is 0 Å². The number of hydrogen-bond acceptors (Lipinski definition) is 5. The maximum Gasteiger partial charge on any atom is 0.315 e. The van der Waals surface area contributed by atoms with Gasteiger partial charge in [0.15, 0.2) is 0 Å². The van der Waals surface area contributed by atoms with Crippen LogP contribution in [-0.4, -0.2) is 33.7 Å². The molecule has 0 radical (unpaired) electrons. The molecular weight excluding hydrogens is 278 g/mol. The minimum Gasteiger partial charge on any atom is -0.380 e. The Hall–Kier alpha value is -1.63. The van der Waals surface area contributed by atoms with Gasteiger partial charge in [0.2, 0.25) is 0 Å². The zero-order chi connectivity index (χ0) is 15.1. The summed E-state index contributed by atoms with van der Waals surface area (Å²) in [7, 11) is -0.852. The topological polar surface area (TPSA) is 84.3 Å². The lowest BCUT2D eigenvalue weighted by molar-refractivity contribution is -0.383. The van der Waals surface area contributed by atoms with E-state index in [1.54, 1.807) is 24.5 Å². The molecule has 6 nitrogen and oxygen atoms in total. The van der Waals surface area contributed by atoms with Gasteiger partial charge in [-0.15, -0.1) is 0 Å². The molecule has 0 heterocycles. The molecule has 0 saturated heterocycles. The number of nitro benzene ring substituents is 1. The minimum atomic E-state index is -0.852. The fraction of sp³-hybridized carbons (Fsp3) is 0.538. The van der Waals surface area contributed by atoms with Crippen LogP contribution in [0, 0.1) is 10.1 Å². The lowest BCUT2D eigenvalue weighted by atomic mass is 10.2. The smallest absolute Gasteiger partial charge is 0.315 e. The summed E-state index contributed by atoms with van der Waals surface area (Å²) in [5.41, 5.74) is 1.05. The summed E-state index contributed by atoms with van der Waals surface area (Å²) in [6.45, 7) is 4.44. The van der Waals surface area contributed by atoms with Gasteiger partial charge < -0.3 is 10.6 Å². The number of hydrogen-bond donors (Lipinski definition) is 2. The van der Waals surface area contributed by atoms with E-state index in [2.05, 4.69) is 10.6 Å². The van der Waals surface area contributed by atoms with Crippen LogP contribution < -0.4 is 10.6 Å². The fourth-order valence-electron chi connectivity index (χ4n) is 1.87. The van der Waals surface area contributed by atoms with E-state index >= 15 is 0 Å². The second kappa shape index (κ2) is 7.84. The number of nitrogens with zero attached hydrogens (tertiary/aromatic N) is 1. The summed E-state index contributed by atoms with van der Waals surface area (Å²) in [6, 6.07) is 5.18. The molecule has 20 heavy (non-hydrogen) atoms. The average molecular weight is 299 g/mol. The molecule has 0 spiro atoms. The van der Waals surface area contributed by atoms with Crippen LogP contribution in [0.15, 0.2) is 18.2 Å². The van der Waals surface area contributed by atoms with Crippen LogP contribution in [0.2, 0.25) is 0 Å². The van der Waals surface area contributed by atoms with Crippen molar-refractivity contribution in [2.45, 2.75) is 26.3 Å². The van der Waals surface area contributed by atoms with Crippen molar-refractivity contribution in [2.24, 2.45) is 0 Å². The number of nitrogens with one attached hydrogen (secondary N) is 2. The normalized spacial score (nSPS) is 13.6. The van der Waals surface area contributed by atoms with Gasteiger partial charge in [-0.25, -0.2) is 0 Å². The van der Waals surface area contributed by atoms with E-state index in [0.717, 1.165) is 0 Å². The first-order valence-corrected chi connectivity index (χ1v) is 8.26. The van der Waals surface area contributed by atoms with E-state index in [1.807, 2.05) is 13.8 Å². The zero-order valence-electron chi connectivity index (χ0n) is 12.0. The summed E-state index contributed by atoms with van der Waals surface area (Å²) < 4.78 is 11.1. The molecule has 0 aromatic heterocycles. The third kappa shape index (κ3) is 4.80. The Bertz CT molecular complexity index is 494. The molecule has 1 aromatic rings. The summed E-state index contributed by atoms with van der Waals surface area (Å²) in [6.07, 6.45) is 2.35. The summed E-state index contributed by atoms with van der Waals surface area (Å²) in [4.78, 5) is 10.9. The van der Waals surface area contributed by atoms with Gasteiger partial charge in [0.05, 0.1) is 4.92 Å². The van der Waals surface area contributed by atoms with Crippen molar-refractivity contribution in [3.05, 3.63) is 28.3 Å². The number of benzene rings is 1. The van der Waals surface area contributed by atoms with E-state index in [4.69, 9.17) is 0 Å². The van der Waals surface area contributed by atoms with Crippen molar-refractivity contribution in [3.8, 4) is 0 Å². The van der Waals surface area contributed by atoms with Crippen LogP contribution in [-0.2, 0) is 10.8 Å². The van der Waals surface area contributed by atoms with E-state index in [1.165, 1.54) is 0 Å². The van der Waals surface area contributed by atoms with Crippen molar-refractivity contribution in [3.63, 3.8) is 0 Å². The van der Waals surface area contributed by atoms with E-state index in [0.29, 0.717) is 30.1 Å². The maximum atomic E-state index is 11.2. The van der Waals surface area contributed by atoms with Crippen molar-refractivity contribution >= 4 is 27.9 Å². The molecule has 0 bridgehead atoms. The molecule has 0 aliphatic rings. The van der Waals surface area contributed by atoms with Crippen LogP contribution in [0.3, 0.4) is 0 Å². The molecule has 0 fully saturated rings. The second-order valence-electron chi connectivity index (χ2n) is 4.60. The van der Waals surface area contributed by atoms with Gasteiger partial charge >= 0.3 is 5.69 Å². The van der Waals surface area contributed by atoms with Gasteiger partial charge in [0, 0.05) is 35.4 Å². The second-order valence-corrected chi connectivity index (χ2v) is 6.16. The predicted molar refractivity (Wildman–Crippen MR) is 83.9 cm³/mol. The highest BCUT2D eigenvalue weighted by molar-refractivity contribution is 7.84. The van der Waals surface area contributed by atoms with Crippen LogP contribution in [0.1, 0.15) is 20.3 Å². The number of anilines is 2. The van der Waals surface area contributed by atoms with Crippen molar-refractivity contribution < 1.29 is 9.13 Å². The summed E-state index contributed by atoms with van der Waals surface area (Å²) in [5, 5.41) is 17.4. The highest BCUT2D eigenvalue weighted by Crippen LogP contribution is 2.33. The molecule has 0 aliphatic heterocycles. The highest BCUT2D eigenvalue weighted by Gasteiger charge is 2.20. The molecule has 7 heteroatoms. The average Bonchev–Trinajstić information content (AvgIpc) is 2.36. The minimum absolute atomic E-state index is 0.0227. The van der Waals surface area contributed by atoms with E-state index in [9.17, 15) is 14.3 Å². The maximum absolute atomic E-state index is 11.2. The van der Waals surface area contributed by atoms with Crippen LogP contribution in [0.5, 0.6) is 0 Å². The van der Waals surface area contributed by atoms with Gasteiger partial charge in [-0.05, 0) is 32.4 Å². The Labute approximate surface area is 121 Å². The first-order chi connectivity index (χ1) is 9.45. The first kappa shape index (κ1) is 16.4. The summed E-state index contributed by atoms with van der Waals surface area (Å²) in [5.74, 6) is 0.578. The lowest BCUT2D eigenvalue weighted by Crippen LogP contribution is -2.19. The van der Waals surface area contributed by atoms with E-state index in [-0.39, 0.29) is 16.7 Å². The largest absolute Gasteiger partial charge is 0.380 e. The molecular formula is C13H21N3O3S. The Morgan fingerprint density at radius 1 is 1.40 bits per heavy atom. The number of nitro groups is 1. The molecule has 2 atom stereocenters. The molecule has 0 saturated carbocycles. The van der Waals surface area contributed by atoms with Crippen molar-refractivity contribution in [1.29, 1.82) is 0 Å². The Balaban J connectivity index is 2.90. The predicted octanol–water partition coefficient (Wildman–Crippen LogP) is 2.60. The lowest BCUT2D eigenvalue weighted by Gasteiger charge is -2.16. The molecule has 0 amide bonds. The Morgan fingerprint density at radius 3 is 2.60 bits per heavy atom. The standard InChI is InChI=1S/C13H21N3O3S/c1-4-14-11-6-5-7-12(13(11)16(17)18)15-10(2)8-9-20(3)19/h5-7,10,14-15H,4,8-9H2,1-3H3. The van der Waals surface area contributed by atoms with Gasteiger partial charge in [-0.3, -0.25) is 14.3 Å². The van der Waals surface area contributed by atoms with Crippen molar-refractivity contribution in [2.75, 3.05) is 29.2 Å². The zero-order valence-corrected chi connectivity index (χ0v) is 12.8. The van der Waals surface area contributed by atoms with E-state index < -0.39 is 10.8 Å².